The molecule has 4 heteroatoms. The Kier molecular flexibility index (Phi) is 5.12. The van der Waals surface area contributed by atoms with E-state index in [0.29, 0.717) is 6.61 Å². The van der Waals surface area contributed by atoms with Gasteiger partial charge in [0.05, 0.1) is 11.8 Å². The SMILES string of the molecule is CCNCc1cc(COC(C)c2ccccc2)on1. The van der Waals surface area contributed by atoms with Gasteiger partial charge in [0.1, 0.15) is 6.61 Å². The van der Waals surface area contributed by atoms with E-state index in [9.17, 15) is 0 Å². The molecule has 0 amide bonds. The lowest BCUT2D eigenvalue weighted by molar-refractivity contribution is 0.0390. The highest BCUT2D eigenvalue weighted by atomic mass is 16.5. The molecule has 0 fully saturated rings. The van der Waals surface area contributed by atoms with Crippen molar-refractivity contribution in [2.75, 3.05) is 6.54 Å². The van der Waals surface area contributed by atoms with Crippen molar-refractivity contribution in [1.29, 1.82) is 0 Å². The van der Waals surface area contributed by atoms with Crippen LogP contribution in [0.15, 0.2) is 40.9 Å². The number of nitrogens with one attached hydrogen (secondary N) is 1. The van der Waals surface area contributed by atoms with Gasteiger partial charge in [0.15, 0.2) is 5.76 Å². The molecule has 1 N–H and O–H groups in total. The van der Waals surface area contributed by atoms with Gasteiger partial charge in [-0.05, 0) is 19.0 Å². The van der Waals surface area contributed by atoms with E-state index in [1.54, 1.807) is 0 Å². The predicted octanol–water partition coefficient (Wildman–Crippen LogP) is 3.06. The van der Waals surface area contributed by atoms with E-state index in [1.807, 2.05) is 31.2 Å². The Morgan fingerprint density at radius 1 is 1.32 bits per heavy atom. The number of ether oxygens (including phenoxy) is 1. The number of benzene rings is 1. The molecule has 1 atom stereocenters. The van der Waals surface area contributed by atoms with Crippen molar-refractivity contribution in [3.8, 4) is 0 Å². The van der Waals surface area contributed by atoms with Crippen molar-refractivity contribution in [1.82, 2.24) is 10.5 Å². The maximum atomic E-state index is 5.78. The summed E-state index contributed by atoms with van der Waals surface area (Å²) in [5, 5.41) is 7.19. The van der Waals surface area contributed by atoms with Crippen LogP contribution in [0.2, 0.25) is 0 Å². The molecule has 2 aromatic rings. The molecule has 102 valence electrons. The summed E-state index contributed by atoms with van der Waals surface area (Å²) in [5.41, 5.74) is 2.07. The van der Waals surface area contributed by atoms with Gasteiger partial charge in [0.2, 0.25) is 0 Å². The molecule has 0 saturated carbocycles. The minimum atomic E-state index is 0.0449. The number of rotatable bonds is 7. The van der Waals surface area contributed by atoms with Crippen molar-refractivity contribution >= 4 is 0 Å². The van der Waals surface area contributed by atoms with Gasteiger partial charge < -0.3 is 14.6 Å². The second kappa shape index (κ2) is 7.07. The fourth-order valence-corrected chi connectivity index (χ4v) is 1.79. The largest absolute Gasteiger partial charge is 0.366 e. The summed E-state index contributed by atoms with van der Waals surface area (Å²) in [5.74, 6) is 0.760. The van der Waals surface area contributed by atoms with Crippen LogP contribution in [0, 0.1) is 0 Å². The minimum Gasteiger partial charge on any atom is -0.366 e. The predicted molar refractivity (Wildman–Crippen MR) is 73.5 cm³/mol. The lowest BCUT2D eigenvalue weighted by atomic mass is 10.1. The van der Waals surface area contributed by atoms with Crippen molar-refractivity contribution in [2.45, 2.75) is 33.1 Å². The van der Waals surface area contributed by atoms with Crippen molar-refractivity contribution in [2.24, 2.45) is 0 Å². The molecule has 1 aromatic carbocycles. The first-order chi connectivity index (χ1) is 9.29. The zero-order valence-electron chi connectivity index (χ0n) is 11.4. The highest BCUT2D eigenvalue weighted by molar-refractivity contribution is 5.16. The highest BCUT2D eigenvalue weighted by Gasteiger charge is 2.08. The lowest BCUT2D eigenvalue weighted by Gasteiger charge is -2.11. The first-order valence-corrected chi connectivity index (χ1v) is 6.61. The molecular formula is C15H20N2O2. The molecule has 19 heavy (non-hydrogen) atoms. The molecule has 4 nitrogen and oxygen atoms in total. The molecule has 0 aliphatic heterocycles. The Bertz CT molecular complexity index is 482. The van der Waals surface area contributed by atoms with Crippen LogP contribution in [0.3, 0.4) is 0 Å². The van der Waals surface area contributed by atoms with Gasteiger partial charge in [-0.25, -0.2) is 0 Å². The van der Waals surface area contributed by atoms with Crippen LogP contribution in [0.1, 0.15) is 37.0 Å². The topological polar surface area (TPSA) is 47.3 Å². The Labute approximate surface area is 113 Å². The third-order valence-corrected chi connectivity index (χ3v) is 2.91. The van der Waals surface area contributed by atoms with E-state index in [-0.39, 0.29) is 6.10 Å². The zero-order chi connectivity index (χ0) is 13.5. The first-order valence-electron chi connectivity index (χ1n) is 6.61. The molecule has 0 spiro atoms. The Morgan fingerprint density at radius 3 is 2.84 bits per heavy atom. The van der Waals surface area contributed by atoms with Crippen molar-refractivity contribution < 1.29 is 9.26 Å². The van der Waals surface area contributed by atoms with Gasteiger partial charge in [0, 0.05) is 12.6 Å². The van der Waals surface area contributed by atoms with Crippen LogP contribution in [0.5, 0.6) is 0 Å². The van der Waals surface area contributed by atoms with Crippen LogP contribution >= 0.6 is 0 Å². The molecular weight excluding hydrogens is 240 g/mol. The molecule has 0 radical (unpaired) electrons. The molecule has 2 rings (SSSR count). The number of aromatic nitrogens is 1. The second-order valence-electron chi connectivity index (χ2n) is 4.43. The Morgan fingerprint density at radius 2 is 2.11 bits per heavy atom. The van der Waals surface area contributed by atoms with Gasteiger partial charge in [-0.3, -0.25) is 0 Å². The number of nitrogens with zero attached hydrogens (tertiary/aromatic N) is 1. The van der Waals surface area contributed by atoms with Crippen molar-refractivity contribution in [3.63, 3.8) is 0 Å². The maximum Gasteiger partial charge on any atom is 0.162 e. The van der Waals surface area contributed by atoms with Crippen LogP contribution in [0.4, 0.5) is 0 Å². The summed E-state index contributed by atoms with van der Waals surface area (Å²) in [6.07, 6.45) is 0.0449. The first kappa shape index (κ1) is 13.8. The smallest absolute Gasteiger partial charge is 0.162 e. The van der Waals surface area contributed by atoms with E-state index in [2.05, 4.69) is 29.5 Å². The Hall–Kier alpha value is -1.65. The molecule has 0 bridgehead atoms. The monoisotopic (exact) mass is 260 g/mol. The van der Waals surface area contributed by atoms with E-state index >= 15 is 0 Å². The third kappa shape index (κ3) is 4.19. The third-order valence-electron chi connectivity index (χ3n) is 2.91. The lowest BCUT2D eigenvalue weighted by Crippen LogP contribution is -2.11. The molecule has 0 saturated heterocycles. The molecule has 0 aliphatic rings. The summed E-state index contributed by atoms with van der Waals surface area (Å²) in [7, 11) is 0. The molecule has 1 unspecified atom stereocenters. The summed E-state index contributed by atoms with van der Waals surface area (Å²) in [4.78, 5) is 0. The average molecular weight is 260 g/mol. The van der Waals surface area contributed by atoms with E-state index in [4.69, 9.17) is 9.26 Å². The van der Waals surface area contributed by atoms with Gasteiger partial charge in [0.25, 0.3) is 0 Å². The summed E-state index contributed by atoms with van der Waals surface area (Å²) < 4.78 is 11.0. The van der Waals surface area contributed by atoms with Gasteiger partial charge in [-0.15, -0.1) is 0 Å². The minimum absolute atomic E-state index is 0.0449. The average Bonchev–Trinajstić information content (AvgIpc) is 2.91. The van der Waals surface area contributed by atoms with E-state index in [0.717, 1.165) is 30.1 Å². The van der Waals surface area contributed by atoms with Crippen LogP contribution < -0.4 is 5.32 Å². The zero-order valence-corrected chi connectivity index (χ0v) is 11.4. The second-order valence-corrected chi connectivity index (χ2v) is 4.43. The Balaban J connectivity index is 1.83. The normalized spacial score (nSPS) is 12.5. The van der Waals surface area contributed by atoms with Crippen LogP contribution in [0.25, 0.3) is 0 Å². The quantitative estimate of drug-likeness (QED) is 0.831. The van der Waals surface area contributed by atoms with Gasteiger partial charge in [-0.1, -0.05) is 42.4 Å². The summed E-state index contributed by atoms with van der Waals surface area (Å²) in [6.45, 7) is 6.18. The van der Waals surface area contributed by atoms with Crippen LogP contribution in [-0.4, -0.2) is 11.7 Å². The highest BCUT2D eigenvalue weighted by Crippen LogP contribution is 2.18. The summed E-state index contributed by atoms with van der Waals surface area (Å²) >= 11 is 0. The summed E-state index contributed by atoms with van der Waals surface area (Å²) in [6, 6.07) is 12.1. The maximum absolute atomic E-state index is 5.78. The fraction of sp³-hybridized carbons (Fsp3) is 0.400. The molecule has 0 aliphatic carbocycles. The van der Waals surface area contributed by atoms with E-state index in [1.165, 1.54) is 0 Å². The van der Waals surface area contributed by atoms with E-state index < -0.39 is 0 Å². The van der Waals surface area contributed by atoms with Gasteiger partial charge in [-0.2, -0.15) is 0 Å². The van der Waals surface area contributed by atoms with Crippen LogP contribution in [-0.2, 0) is 17.9 Å². The standard InChI is InChI=1S/C15H20N2O2/c1-3-16-10-14-9-15(19-17-14)11-18-12(2)13-7-5-4-6-8-13/h4-9,12,16H,3,10-11H2,1-2H3. The molecule has 1 aromatic heterocycles. The van der Waals surface area contributed by atoms with Crippen molar-refractivity contribution in [3.05, 3.63) is 53.4 Å². The molecule has 1 heterocycles. The number of hydrogen-bond donors (Lipinski definition) is 1. The fourth-order valence-electron chi connectivity index (χ4n) is 1.79. The van der Waals surface area contributed by atoms with Gasteiger partial charge >= 0.3 is 0 Å². The number of hydrogen-bond acceptors (Lipinski definition) is 4.